The maximum Gasteiger partial charge on any atom is 0.144 e. The molecule has 0 fully saturated rings. The highest BCUT2D eigenvalue weighted by Gasteiger charge is 2.02. The Kier molecular flexibility index (Phi) is 4.11. The van der Waals surface area contributed by atoms with Gasteiger partial charge in [-0.1, -0.05) is 6.92 Å². The standard InChI is InChI=1S/C8H13BrN4/c1-2-7-12-5-6(9)8(13-7)11-4-3-10/h5H,2-4,10H2,1H3,(H,11,12,13). The van der Waals surface area contributed by atoms with E-state index in [2.05, 4.69) is 31.2 Å². The first-order valence-corrected chi connectivity index (χ1v) is 5.02. The SMILES string of the molecule is CCc1ncc(Br)c(NCCN)n1. The zero-order valence-corrected chi connectivity index (χ0v) is 9.13. The van der Waals surface area contributed by atoms with Crippen LogP contribution in [0.4, 0.5) is 5.82 Å². The lowest BCUT2D eigenvalue weighted by Crippen LogP contribution is -2.14. The smallest absolute Gasteiger partial charge is 0.144 e. The lowest BCUT2D eigenvalue weighted by Gasteiger charge is -2.06. The van der Waals surface area contributed by atoms with E-state index in [0.29, 0.717) is 6.54 Å². The Balaban J connectivity index is 2.78. The van der Waals surface area contributed by atoms with Gasteiger partial charge in [-0.05, 0) is 15.9 Å². The third-order valence-corrected chi connectivity index (χ3v) is 2.13. The number of rotatable bonds is 4. The maximum absolute atomic E-state index is 5.38. The van der Waals surface area contributed by atoms with E-state index >= 15 is 0 Å². The predicted octanol–water partition coefficient (Wildman–Crippen LogP) is 1.17. The molecule has 0 aliphatic rings. The summed E-state index contributed by atoms with van der Waals surface area (Å²) in [5, 5.41) is 3.11. The molecule has 0 saturated carbocycles. The van der Waals surface area contributed by atoms with Crippen molar-refractivity contribution < 1.29 is 0 Å². The van der Waals surface area contributed by atoms with E-state index in [4.69, 9.17) is 5.73 Å². The van der Waals surface area contributed by atoms with Crippen LogP contribution in [0.25, 0.3) is 0 Å². The molecule has 0 aromatic carbocycles. The van der Waals surface area contributed by atoms with Crippen molar-refractivity contribution >= 4 is 21.7 Å². The Labute approximate surface area is 86.1 Å². The summed E-state index contributed by atoms with van der Waals surface area (Å²) in [7, 11) is 0. The summed E-state index contributed by atoms with van der Waals surface area (Å²) in [5.74, 6) is 1.65. The van der Waals surface area contributed by atoms with Crippen molar-refractivity contribution in [3.8, 4) is 0 Å². The number of halogens is 1. The van der Waals surface area contributed by atoms with E-state index in [9.17, 15) is 0 Å². The minimum absolute atomic E-state index is 0.595. The molecule has 1 aromatic heterocycles. The Morgan fingerprint density at radius 1 is 1.62 bits per heavy atom. The second-order valence-corrected chi connectivity index (χ2v) is 3.41. The number of nitrogens with zero attached hydrogens (tertiary/aromatic N) is 2. The molecule has 72 valence electrons. The van der Waals surface area contributed by atoms with Crippen LogP contribution in [-0.2, 0) is 6.42 Å². The highest BCUT2D eigenvalue weighted by Crippen LogP contribution is 2.18. The van der Waals surface area contributed by atoms with Crippen molar-refractivity contribution in [2.45, 2.75) is 13.3 Å². The summed E-state index contributed by atoms with van der Waals surface area (Å²) < 4.78 is 0.873. The molecule has 0 radical (unpaired) electrons. The molecule has 0 aliphatic carbocycles. The third kappa shape index (κ3) is 2.93. The molecule has 0 saturated heterocycles. The first kappa shape index (κ1) is 10.4. The van der Waals surface area contributed by atoms with E-state index in [1.54, 1.807) is 6.20 Å². The van der Waals surface area contributed by atoms with Gasteiger partial charge < -0.3 is 11.1 Å². The lowest BCUT2D eigenvalue weighted by molar-refractivity contribution is 0.921. The lowest BCUT2D eigenvalue weighted by atomic mass is 10.4. The number of nitrogens with one attached hydrogen (secondary N) is 1. The highest BCUT2D eigenvalue weighted by atomic mass is 79.9. The second-order valence-electron chi connectivity index (χ2n) is 2.55. The largest absolute Gasteiger partial charge is 0.368 e. The molecule has 5 heteroatoms. The van der Waals surface area contributed by atoms with Gasteiger partial charge in [-0.2, -0.15) is 0 Å². The molecule has 1 aromatic rings. The molecule has 0 amide bonds. The number of aryl methyl sites for hydroxylation is 1. The minimum atomic E-state index is 0.595. The van der Waals surface area contributed by atoms with Crippen LogP contribution in [-0.4, -0.2) is 23.1 Å². The quantitative estimate of drug-likeness (QED) is 0.835. The minimum Gasteiger partial charge on any atom is -0.368 e. The number of aromatic nitrogens is 2. The van der Waals surface area contributed by atoms with Gasteiger partial charge >= 0.3 is 0 Å². The van der Waals surface area contributed by atoms with Gasteiger partial charge in [0.25, 0.3) is 0 Å². The van der Waals surface area contributed by atoms with Gasteiger partial charge in [-0.3, -0.25) is 0 Å². The monoisotopic (exact) mass is 244 g/mol. The molecule has 0 atom stereocenters. The Morgan fingerprint density at radius 2 is 2.38 bits per heavy atom. The van der Waals surface area contributed by atoms with Crippen LogP contribution in [0.2, 0.25) is 0 Å². The van der Waals surface area contributed by atoms with E-state index in [1.807, 2.05) is 6.92 Å². The van der Waals surface area contributed by atoms with Gasteiger partial charge in [0.1, 0.15) is 11.6 Å². The topological polar surface area (TPSA) is 63.8 Å². The van der Waals surface area contributed by atoms with Crippen molar-refractivity contribution in [2.75, 3.05) is 18.4 Å². The van der Waals surface area contributed by atoms with E-state index in [0.717, 1.165) is 29.1 Å². The zero-order valence-electron chi connectivity index (χ0n) is 7.55. The number of hydrogen-bond donors (Lipinski definition) is 2. The Bertz CT molecular complexity index is 277. The fraction of sp³-hybridized carbons (Fsp3) is 0.500. The van der Waals surface area contributed by atoms with Crippen molar-refractivity contribution in [1.82, 2.24) is 9.97 Å². The average Bonchev–Trinajstić information content (AvgIpc) is 2.17. The van der Waals surface area contributed by atoms with Crippen molar-refractivity contribution in [1.29, 1.82) is 0 Å². The molecule has 13 heavy (non-hydrogen) atoms. The molecule has 3 N–H and O–H groups in total. The summed E-state index contributed by atoms with van der Waals surface area (Å²) in [4.78, 5) is 8.44. The Morgan fingerprint density at radius 3 is 3.00 bits per heavy atom. The van der Waals surface area contributed by atoms with Crippen LogP contribution < -0.4 is 11.1 Å². The molecule has 0 unspecified atom stereocenters. The Hall–Kier alpha value is -0.680. The van der Waals surface area contributed by atoms with E-state index in [1.165, 1.54) is 0 Å². The molecule has 4 nitrogen and oxygen atoms in total. The second kappa shape index (κ2) is 5.14. The average molecular weight is 245 g/mol. The predicted molar refractivity (Wildman–Crippen MR) is 56.7 cm³/mol. The summed E-state index contributed by atoms with van der Waals surface area (Å²) in [6.45, 7) is 3.34. The van der Waals surface area contributed by atoms with Gasteiger partial charge in [0, 0.05) is 25.7 Å². The molecule has 1 heterocycles. The first-order valence-electron chi connectivity index (χ1n) is 4.23. The summed E-state index contributed by atoms with van der Waals surface area (Å²) in [6.07, 6.45) is 2.59. The van der Waals surface area contributed by atoms with Gasteiger partial charge in [0.05, 0.1) is 4.47 Å². The molecular formula is C8H13BrN4. The van der Waals surface area contributed by atoms with Crippen LogP contribution in [0.5, 0.6) is 0 Å². The number of hydrogen-bond acceptors (Lipinski definition) is 4. The van der Waals surface area contributed by atoms with E-state index < -0.39 is 0 Å². The fourth-order valence-electron chi connectivity index (χ4n) is 0.889. The van der Waals surface area contributed by atoms with Crippen molar-refractivity contribution in [3.63, 3.8) is 0 Å². The molecule has 0 aliphatic heterocycles. The van der Waals surface area contributed by atoms with Gasteiger partial charge in [-0.25, -0.2) is 9.97 Å². The molecule has 0 spiro atoms. The molecule has 1 rings (SSSR count). The summed E-state index contributed by atoms with van der Waals surface area (Å²) >= 11 is 3.36. The maximum atomic E-state index is 5.38. The highest BCUT2D eigenvalue weighted by molar-refractivity contribution is 9.10. The number of nitrogens with two attached hydrogens (primary N) is 1. The van der Waals surface area contributed by atoms with Crippen LogP contribution >= 0.6 is 15.9 Å². The van der Waals surface area contributed by atoms with Crippen LogP contribution in [0.15, 0.2) is 10.7 Å². The van der Waals surface area contributed by atoms with Gasteiger partial charge in [0.2, 0.25) is 0 Å². The zero-order chi connectivity index (χ0) is 9.68. The fourth-order valence-corrected chi connectivity index (χ4v) is 1.22. The third-order valence-electron chi connectivity index (χ3n) is 1.55. The van der Waals surface area contributed by atoms with Gasteiger partial charge in [0.15, 0.2) is 0 Å². The van der Waals surface area contributed by atoms with Gasteiger partial charge in [-0.15, -0.1) is 0 Å². The van der Waals surface area contributed by atoms with Crippen LogP contribution in [0, 0.1) is 0 Å². The normalized spacial score (nSPS) is 10.1. The first-order chi connectivity index (χ1) is 6.27. The molecular weight excluding hydrogens is 232 g/mol. The van der Waals surface area contributed by atoms with Crippen molar-refractivity contribution in [2.24, 2.45) is 5.73 Å². The number of anilines is 1. The van der Waals surface area contributed by atoms with Crippen LogP contribution in [0.3, 0.4) is 0 Å². The van der Waals surface area contributed by atoms with Crippen LogP contribution in [0.1, 0.15) is 12.7 Å². The van der Waals surface area contributed by atoms with E-state index in [-0.39, 0.29) is 0 Å². The molecule has 0 bridgehead atoms. The summed E-state index contributed by atoms with van der Waals surface area (Å²) in [5.41, 5.74) is 5.38. The summed E-state index contributed by atoms with van der Waals surface area (Å²) in [6, 6.07) is 0. The van der Waals surface area contributed by atoms with Crippen molar-refractivity contribution in [3.05, 3.63) is 16.5 Å².